The summed E-state index contributed by atoms with van der Waals surface area (Å²) in [4.78, 5) is 1.90. The summed E-state index contributed by atoms with van der Waals surface area (Å²) in [6.45, 7) is 3.35. The molecule has 2 rings (SSSR count). The molecule has 1 heterocycles. The number of rotatable bonds is 3. The first-order valence-corrected chi connectivity index (χ1v) is 8.27. The summed E-state index contributed by atoms with van der Waals surface area (Å²) in [5.41, 5.74) is 0. The van der Waals surface area contributed by atoms with Crippen LogP contribution < -0.4 is 0 Å². The summed E-state index contributed by atoms with van der Waals surface area (Å²) in [5, 5.41) is 8.66. The molecule has 1 aliphatic rings. The molecule has 0 aromatic heterocycles. The maximum atomic E-state index is 13.1. The Morgan fingerprint density at radius 1 is 1.33 bits per heavy atom. The number of nitrogens with zero attached hydrogens (tertiary/aromatic N) is 3. The lowest BCUT2D eigenvalue weighted by molar-refractivity contribution is 0.169. The Morgan fingerprint density at radius 3 is 2.48 bits per heavy atom. The van der Waals surface area contributed by atoms with Gasteiger partial charge in [0.15, 0.2) is 0 Å². The molecule has 0 N–H and O–H groups in total. The number of halogens is 2. The normalized spacial score (nSPS) is 19.1. The van der Waals surface area contributed by atoms with E-state index in [1.165, 1.54) is 10.4 Å². The second-order valence-corrected chi connectivity index (χ2v) is 7.17. The zero-order valence-corrected chi connectivity index (χ0v) is 13.0. The molecule has 0 saturated carbocycles. The first-order valence-electron chi connectivity index (χ1n) is 6.45. The van der Waals surface area contributed by atoms with Crippen LogP contribution in [0.15, 0.2) is 23.1 Å². The number of piperazine rings is 1. The topological polar surface area (TPSA) is 64.4 Å². The first-order chi connectivity index (χ1) is 9.86. The van der Waals surface area contributed by atoms with Crippen LogP contribution in [0.3, 0.4) is 0 Å². The zero-order valence-electron chi connectivity index (χ0n) is 11.5. The van der Waals surface area contributed by atoms with E-state index in [9.17, 15) is 12.8 Å². The van der Waals surface area contributed by atoms with Gasteiger partial charge in [-0.05, 0) is 25.1 Å². The van der Waals surface area contributed by atoms with Crippen molar-refractivity contribution in [3.63, 3.8) is 0 Å². The summed E-state index contributed by atoms with van der Waals surface area (Å²) in [6, 6.07) is 5.27. The monoisotopic (exact) mass is 331 g/mol. The van der Waals surface area contributed by atoms with E-state index in [0.717, 1.165) is 12.1 Å². The van der Waals surface area contributed by atoms with E-state index >= 15 is 0 Å². The summed E-state index contributed by atoms with van der Waals surface area (Å²) in [5.74, 6) is -0.650. The van der Waals surface area contributed by atoms with Crippen molar-refractivity contribution < 1.29 is 12.8 Å². The highest BCUT2D eigenvalue weighted by molar-refractivity contribution is 7.89. The standard InChI is InChI=1S/C13H15ClFN3O2S/c1-10(9-16)17-4-6-18(7-5-17)21(19,20)11-2-3-13(15)12(14)8-11/h2-3,8,10H,4-7H2,1H3/t10-/m1/s1. The van der Waals surface area contributed by atoms with Crippen LogP contribution in [0.1, 0.15) is 6.92 Å². The quantitative estimate of drug-likeness (QED) is 0.845. The molecule has 1 saturated heterocycles. The third-order valence-electron chi connectivity index (χ3n) is 3.54. The number of sulfonamides is 1. The first kappa shape index (κ1) is 16.2. The van der Waals surface area contributed by atoms with Crippen molar-refractivity contribution in [3.05, 3.63) is 29.0 Å². The maximum absolute atomic E-state index is 13.1. The highest BCUT2D eigenvalue weighted by Crippen LogP contribution is 2.23. The van der Waals surface area contributed by atoms with Gasteiger partial charge in [0.2, 0.25) is 10.0 Å². The van der Waals surface area contributed by atoms with Crippen LogP contribution in [-0.2, 0) is 10.0 Å². The average Bonchev–Trinajstić information content (AvgIpc) is 2.49. The molecular weight excluding hydrogens is 317 g/mol. The van der Waals surface area contributed by atoms with E-state index < -0.39 is 15.8 Å². The Morgan fingerprint density at radius 2 is 1.95 bits per heavy atom. The lowest BCUT2D eigenvalue weighted by Crippen LogP contribution is -2.50. The molecule has 0 unspecified atom stereocenters. The lowest BCUT2D eigenvalue weighted by Gasteiger charge is -2.35. The van der Waals surface area contributed by atoms with E-state index in [1.807, 2.05) is 4.90 Å². The summed E-state index contributed by atoms with van der Waals surface area (Å²) < 4.78 is 39.4. The van der Waals surface area contributed by atoms with Crippen LogP contribution in [0.25, 0.3) is 0 Å². The highest BCUT2D eigenvalue weighted by atomic mass is 35.5. The zero-order chi connectivity index (χ0) is 15.6. The van der Waals surface area contributed by atoms with Gasteiger partial charge in [0.25, 0.3) is 0 Å². The minimum Gasteiger partial charge on any atom is -0.286 e. The van der Waals surface area contributed by atoms with E-state index in [2.05, 4.69) is 6.07 Å². The third-order valence-corrected chi connectivity index (χ3v) is 5.72. The second-order valence-electron chi connectivity index (χ2n) is 4.82. The van der Waals surface area contributed by atoms with Gasteiger partial charge in [-0.15, -0.1) is 0 Å². The molecule has 114 valence electrons. The smallest absolute Gasteiger partial charge is 0.243 e. The van der Waals surface area contributed by atoms with Crippen molar-refractivity contribution in [2.45, 2.75) is 17.9 Å². The van der Waals surface area contributed by atoms with Crippen LogP contribution >= 0.6 is 11.6 Å². The molecule has 1 aromatic carbocycles. The minimum absolute atomic E-state index is 0.0179. The molecule has 8 heteroatoms. The molecule has 0 aliphatic carbocycles. The summed E-state index contributed by atoms with van der Waals surface area (Å²) in [7, 11) is -3.68. The van der Waals surface area contributed by atoms with Crippen molar-refractivity contribution in [3.8, 4) is 6.07 Å². The van der Waals surface area contributed by atoms with Gasteiger partial charge in [0.05, 0.1) is 22.0 Å². The van der Waals surface area contributed by atoms with Gasteiger partial charge in [-0.25, -0.2) is 12.8 Å². The fourth-order valence-corrected chi connectivity index (χ4v) is 3.89. The van der Waals surface area contributed by atoms with Crippen molar-refractivity contribution in [2.75, 3.05) is 26.2 Å². The maximum Gasteiger partial charge on any atom is 0.243 e. The lowest BCUT2D eigenvalue weighted by atomic mass is 10.2. The predicted molar refractivity (Wildman–Crippen MR) is 76.8 cm³/mol. The van der Waals surface area contributed by atoms with Crippen molar-refractivity contribution >= 4 is 21.6 Å². The van der Waals surface area contributed by atoms with E-state index in [4.69, 9.17) is 16.9 Å². The number of hydrogen-bond acceptors (Lipinski definition) is 4. The molecule has 1 atom stereocenters. The Labute approximate surface area is 128 Å². The largest absolute Gasteiger partial charge is 0.286 e. The summed E-state index contributed by atoms with van der Waals surface area (Å²) in [6.07, 6.45) is 0. The van der Waals surface area contributed by atoms with Crippen LogP contribution in [0, 0.1) is 17.1 Å². The number of nitriles is 1. The Bertz CT molecular complexity index is 666. The fraction of sp³-hybridized carbons (Fsp3) is 0.462. The Balaban J connectivity index is 2.15. The van der Waals surface area contributed by atoms with Gasteiger partial charge in [0, 0.05) is 26.2 Å². The third kappa shape index (κ3) is 3.35. The van der Waals surface area contributed by atoms with E-state index in [1.54, 1.807) is 6.92 Å². The molecule has 1 fully saturated rings. The molecule has 1 aromatic rings. The average molecular weight is 332 g/mol. The minimum atomic E-state index is -3.68. The van der Waals surface area contributed by atoms with E-state index in [0.29, 0.717) is 26.2 Å². The van der Waals surface area contributed by atoms with Gasteiger partial charge in [-0.1, -0.05) is 11.6 Å². The van der Waals surface area contributed by atoms with Crippen LogP contribution in [0.4, 0.5) is 4.39 Å². The fourth-order valence-electron chi connectivity index (χ4n) is 2.20. The SMILES string of the molecule is C[C@H](C#N)N1CCN(S(=O)(=O)c2ccc(F)c(Cl)c2)CC1. The summed E-state index contributed by atoms with van der Waals surface area (Å²) >= 11 is 5.64. The molecule has 0 bridgehead atoms. The predicted octanol–water partition coefficient (Wildman–Crippen LogP) is 1.70. The van der Waals surface area contributed by atoms with Crippen LogP contribution in [0.2, 0.25) is 5.02 Å². The molecule has 0 radical (unpaired) electrons. The van der Waals surface area contributed by atoms with Gasteiger partial charge in [-0.2, -0.15) is 9.57 Å². The van der Waals surface area contributed by atoms with Crippen LogP contribution in [0.5, 0.6) is 0 Å². The van der Waals surface area contributed by atoms with Gasteiger partial charge in [0.1, 0.15) is 5.82 Å². The molecule has 0 amide bonds. The van der Waals surface area contributed by atoms with Crippen LogP contribution in [-0.4, -0.2) is 49.8 Å². The van der Waals surface area contributed by atoms with Crippen molar-refractivity contribution in [1.82, 2.24) is 9.21 Å². The highest BCUT2D eigenvalue weighted by Gasteiger charge is 2.30. The molecule has 1 aliphatic heterocycles. The van der Waals surface area contributed by atoms with E-state index in [-0.39, 0.29) is 16.0 Å². The Hall–Kier alpha value is -1.20. The number of benzene rings is 1. The molecular formula is C13H15ClFN3O2S. The van der Waals surface area contributed by atoms with Crippen molar-refractivity contribution in [2.24, 2.45) is 0 Å². The van der Waals surface area contributed by atoms with Gasteiger partial charge >= 0.3 is 0 Å². The second kappa shape index (κ2) is 6.28. The molecule has 5 nitrogen and oxygen atoms in total. The number of hydrogen-bond donors (Lipinski definition) is 0. The van der Waals surface area contributed by atoms with Gasteiger partial charge in [-0.3, -0.25) is 4.90 Å². The molecule has 0 spiro atoms. The van der Waals surface area contributed by atoms with Gasteiger partial charge < -0.3 is 0 Å². The molecule has 21 heavy (non-hydrogen) atoms. The Kier molecular flexibility index (Phi) is 4.84. The van der Waals surface area contributed by atoms with Crippen molar-refractivity contribution in [1.29, 1.82) is 5.26 Å².